The largest absolute Gasteiger partial charge is 0.383 e. The van der Waals surface area contributed by atoms with E-state index in [1.54, 1.807) is 10.9 Å². The predicted molar refractivity (Wildman–Crippen MR) is 132 cm³/mol. The van der Waals surface area contributed by atoms with Gasteiger partial charge in [0.1, 0.15) is 11.2 Å². The van der Waals surface area contributed by atoms with Gasteiger partial charge in [0.05, 0.1) is 50.3 Å². The van der Waals surface area contributed by atoms with Gasteiger partial charge in [0.15, 0.2) is 0 Å². The number of epoxide rings is 1. The van der Waals surface area contributed by atoms with Crippen molar-refractivity contribution in [3.05, 3.63) is 119 Å². The van der Waals surface area contributed by atoms with Crippen molar-refractivity contribution in [1.82, 2.24) is 19.1 Å². The SMILES string of the molecule is Cc1cn(CC(O)(CN=[N+]=[N-])c2ccccc2)cn1.Cc1cn(CC2(c3ccccc3)CO2)cn1. The molecule has 4 aromatic rings. The minimum atomic E-state index is -1.24. The fraction of sp³-hybridized carbons (Fsp3) is 0.308. The molecule has 0 bridgehead atoms. The van der Waals surface area contributed by atoms with E-state index in [1.807, 2.05) is 69.0 Å². The third kappa shape index (κ3) is 6.16. The van der Waals surface area contributed by atoms with Crippen LogP contribution in [0.3, 0.4) is 0 Å². The lowest BCUT2D eigenvalue weighted by molar-refractivity contribution is 0.0276. The molecule has 0 aliphatic carbocycles. The van der Waals surface area contributed by atoms with E-state index in [2.05, 4.69) is 48.8 Å². The number of ether oxygens (including phenoxy) is 1. The molecule has 0 spiro atoms. The van der Waals surface area contributed by atoms with Gasteiger partial charge in [-0.3, -0.25) is 0 Å². The van der Waals surface area contributed by atoms with Crippen LogP contribution in [0.2, 0.25) is 0 Å². The molecule has 2 unspecified atom stereocenters. The number of azide groups is 1. The van der Waals surface area contributed by atoms with Crippen molar-refractivity contribution >= 4 is 0 Å². The third-order valence-electron chi connectivity index (χ3n) is 5.91. The zero-order chi connectivity index (χ0) is 24.7. The molecule has 1 N–H and O–H groups in total. The molecule has 0 amide bonds. The second-order valence-corrected chi connectivity index (χ2v) is 8.81. The number of aliphatic hydroxyl groups is 1. The number of aryl methyl sites for hydroxylation is 2. The van der Waals surface area contributed by atoms with Crippen LogP contribution in [0.15, 0.2) is 90.8 Å². The van der Waals surface area contributed by atoms with Gasteiger partial charge < -0.3 is 19.0 Å². The molecular weight excluding hydrogens is 442 g/mol. The number of imidazole rings is 2. The Kier molecular flexibility index (Phi) is 7.31. The Morgan fingerprint density at radius 3 is 2.09 bits per heavy atom. The second kappa shape index (κ2) is 10.6. The van der Waals surface area contributed by atoms with Crippen molar-refractivity contribution in [2.45, 2.75) is 38.1 Å². The maximum atomic E-state index is 10.8. The van der Waals surface area contributed by atoms with E-state index in [9.17, 15) is 5.11 Å². The Hall–Kier alpha value is -3.91. The minimum Gasteiger partial charge on any atom is -0.383 e. The maximum absolute atomic E-state index is 10.8. The fourth-order valence-electron chi connectivity index (χ4n) is 4.02. The van der Waals surface area contributed by atoms with Gasteiger partial charge >= 0.3 is 0 Å². The van der Waals surface area contributed by atoms with Crippen molar-refractivity contribution in [3.8, 4) is 0 Å². The molecule has 1 aliphatic rings. The van der Waals surface area contributed by atoms with Crippen LogP contribution in [-0.2, 0) is 29.0 Å². The van der Waals surface area contributed by atoms with E-state index in [0.717, 1.165) is 24.5 Å². The van der Waals surface area contributed by atoms with Crippen molar-refractivity contribution in [3.63, 3.8) is 0 Å². The molecule has 180 valence electrons. The third-order valence-corrected chi connectivity index (χ3v) is 5.91. The topological polar surface area (TPSA) is 117 Å². The zero-order valence-electron chi connectivity index (χ0n) is 19.9. The van der Waals surface area contributed by atoms with Crippen LogP contribution in [0.1, 0.15) is 22.5 Å². The summed E-state index contributed by atoms with van der Waals surface area (Å²) in [5.41, 5.74) is 11.0. The van der Waals surface area contributed by atoms with Gasteiger partial charge in [-0.1, -0.05) is 65.8 Å². The van der Waals surface area contributed by atoms with Crippen molar-refractivity contribution in [1.29, 1.82) is 0 Å². The summed E-state index contributed by atoms with van der Waals surface area (Å²) in [6.07, 6.45) is 7.40. The Balaban J connectivity index is 0.000000167. The summed E-state index contributed by atoms with van der Waals surface area (Å²) in [5.74, 6) is 0. The number of aromatic nitrogens is 4. The highest BCUT2D eigenvalue weighted by Gasteiger charge is 2.46. The van der Waals surface area contributed by atoms with Gasteiger partial charge in [-0.05, 0) is 30.5 Å². The van der Waals surface area contributed by atoms with Crippen LogP contribution in [0.25, 0.3) is 10.4 Å². The number of rotatable bonds is 8. The van der Waals surface area contributed by atoms with E-state index in [-0.39, 0.29) is 18.7 Å². The van der Waals surface area contributed by atoms with Crippen LogP contribution in [0.4, 0.5) is 0 Å². The fourth-order valence-corrected chi connectivity index (χ4v) is 4.02. The van der Waals surface area contributed by atoms with E-state index in [0.29, 0.717) is 5.56 Å². The lowest BCUT2D eigenvalue weighted by Crippen LogP contribution is -2.34. The predicted octanol–water partition coefficient (Wildman–Crippen LogP) is 4.51. The van der Waals surface area contributed by atoms with Gasteiger partial charge in [-0.25, -0.2) is 9.97 Å². The lowest BCUT2D eigenvalue weighted by atomic mass is 9.94. The standard InChI is InChI=1S/C13H15N5O.C13H14N2O/c1-11-7-18(10-15-11)9-13(19,8-16-17-14)12-5-3-2-4-6-12;1-11-7-15(10-14-11)8-13(9-16-13)12-5-3-2-4-6-12/h2-7,10,19H,8-9H2,1H3;2-7,10H,8-9H2,1H3. The van der Waals surface area contributed by atoms with E-state index >= 15 is 0 Å². The highest BCUT2D eigenvalue weighted by molar-refractivity contribution is 5.26. The second-order valence-electron chi connectivity index (χ2n) is 8.81. The molecular formula is C26H29N7O2. The average molecular weight is 472 g/mol. The summed E-state index contributed by atoms with van der Waals surface area (Å²) in [5, 5.41) is 14.3. The molecule has 1 aliphatic heterocycles. The normalized spacial score (nSPS) is 18.0. The van der Waals surface area contributed by atoms with Gasteiger partial charge in [-0.15, -0.1) is 0 Å². The molecule has 1 saturated heterocycles. The first-order chi connectivity index (χ1) is 16.9. The van der Waals surface area contributed by atoms with Gasteiger partial charge in [0.2, 0.25) is 0 Å². The molecule has 0 radical (unpaired) electrons. The van der Waals surface area contributed by atoms with Crippen molar-refractivity contribution in [2.75, 3.05) is 13.2 Å². The molecule has 1 fully saturated rings. The lowest BCUT2D eigenvalue weighted by Gasteiger charge is -2.27. The molecule has 9 nitrogen and oxygen atoms in total. The Labute approximate surface area is 204 Å². The van der Waals surface area contributed by atoms with Crippen LogP contribution in [0.5, 0.6) is 0 Å². The first-order valence-electron chi connectivity index (χ1n) is 11.4. The molecule has 3 heterocycles. The summed E-state index contributed by atoms with van der Waals surface area (Å²) in [4.78, 5) is 11.1. The summed E-state index contributed by atoms with van der Waals surface area (Å²) < 4.78 is 9.53. The number of hydrogen-bond acceptors (Lipinski definition) is 5. The Morgan fingerprint density at radius 1 is 1.00 bits per heavy atom. The van der Waals surface area contributed by atoms with E-state index < -0.39 is 5.60 Å². The maximum Gasteiger partial charge on any atom is 0.134 e. The molecule has 35 heavy (non-hydrogen) atoms. The molecule has 2 atom stereocenters. The quantitative estimate of drug-likeness (QED) is 0.176. The van der Waals surface area contributed by atoms with E-state index in [1.165, 1.54) is 5.56 Å². The minimum absolute atomic E-state index is 0.0231. The number of benzene rings is 2. The molecule has 2 aromatic heterocycles. The van der Waals surface area contributed by atoms with Crippen LogP contribution < -0.4 is 0 Å². The summed E-state index contributed by atoms with van der Waals surface area (Å²) in [7, 11) is 0. The Morgan fingerprint density at radius 2 is 1.57 bits per heavy atom. The van der Waals surface area contributed by atoms with Crippen molar-refractivity contribution < 1.29 is 9.84 Å². The zero-order valence-corrected chi connectivity index (χ0v) is 19.9. The summed E-state index contributed by atoms with van der Waals surface area (Å²) >= 11 is 0. The highest BCUT2D eigenvalue weighted by atomic mass is 16.6. The summed E-state index contributed by atoms with van der Waals surface area (Å²) in [6, 6.07) is 19.6. The number of nitrogens with zero attached hydrogens (tertiary/aromatic N) is 7. The smallest absolute Gasteiger partial charge is 0.134 e. The van der Waals surface area contributed by atoms with Crippen LogP contribution in [-0.4, -0.2) is 37.4 Å². The average Bonchev–Trinajstić information content (AvgIpc) is 3.38. The van der Waals surface area contributed by atoms with Gasteiger partial charge in [0.25, 0.3) is 0 Å². The van der Waals surface area contributed by atoms with Gasteiger partial charge in [-0.2, -0.15) is 0 Å². The molecule has 2 aromatic carbocycles. The van der Waals surface area contributed by atoms with Crippen molar-refractivity contribution in [2.24, 2.45) is 5.11 Å². The highest BCUT2D eigenvalue weighted by Crippen LogP contribution is 2.40. The molecule has 0 saturated carbocycles. The monoisotopic (exact) mass is 471 g/mol. The van der Waals surface area contributed by atoms with E-state index in [4.69, 9.17) is 10.3 Å². The number of hydrogen-bond donors (Lipinski definition) is 1. The molecule has 9 heteroatoms. The van der Waals surface area contributed by atoms with Crippen LogP contribution >= 0.6 is 0 Å². The first kappa shape index (κ1) is 24.2. The Bertz CT molecular complexity index is 1280. The summed E-state index contributed by atoms with van der Waals surface area (Å²) in [6.45, 7) is 5.79. The first-order valence-corrected chi connectivity index (χ1v) is 11.4. The molecule has 5 rings (SSSR count). The van der Waals surface area contributed by atoms with Gasteiger partial charge in [0, 0.05) is 17.3 Å². The van der Waals surface area contributed by atoms with Crippen LogP contribution in [0, 0.1) is 13.8 Å².